The van der Waals surface area contributed by atoms with Gasteiger partial charge in [0.2, 0.25) is 0 Å². The molecule has 0 aliphatic carbocycles. The Morgan fingerprint density at radius 1 is 1.03 bits per heavy atom. The second-order valence-electron chi connectivity index (χ2n) is 6.78. The van der Waals surface area contributed by atoms with Crippen molar-refractivity contribution in [2.75, 3.05) is 13.2 Å². The zero-order valence-corrected chi connectivity index (χ0v) is 16.6. The minimum absolute atomic E-state index is 0.0859. The Morgan fingerprint density at radius 3 is 2.34 bits per heavy atom. The van der Waals surface area contributed by atoms with Crippen molar-refractivity contribution in [3.63, 3.8) is 0 Å². The summed E-state index contributed by atoms with van der Waals surface area (Å²) in [6.45, 7) is 1.29. The smallest absolute Gasteiger partial charge is 0.434 e. The highest BCUT2D eigenvalue weighted by molar-refractivity contribution is 5.95. The number of carbonyl (C=O) groups is 1. The molecule has 170 valence electrons. The van der Waals surface area contributed by atoms with Crippen molar-refractivity contribution in [2.45, 2.75) is 19.3 Å². The SMILES string of the molecule is Cc1ccc(-n2ncc(C(=O)NCCOc3cccc(C(F)(F)F)c3)c2C(F)(F)F)cc1. The Kier molecular flexibility index (Phi) is 6.47. The summed E-state index contributed by atoms with van der Waals surface area (Å²) in [5, 5.41) is 5.97. The Bertz CT molecular complexity index is 1090. The second kappa shape index (κ2) is 8.93. The molecule has 3 aromatic rings. The summed E-state index contributed by atoms with van der Waals surface area (Å²) >= 11 is 0. The van der Waals surface area contributed by atoms with Crippen LogP contribution >= 0.6 is 0 Å². The molecule has 5 nitrogen and oxygen atoms in total. The third-order valence-corrected chi connectivity index (χ3v) is 4.38. The van der Waals surface area contributed by atoms with Crippen LogP contribution in [0.4, 0.5) is 26.3 Å². The minimum atomic E-state index is -4.86. The predicted octanol–water partition coefficient (Wildman–Crippen LogP) is 5.03. The molecule has 0 aliphatic rings. The van der Waals surface area contributed by atoms with Crippen LogP contribution in [0.25, 0.3) is 5.69 Å². The first-order chi connectivity index (χ1) is 15.0. The molecular weight excluding hydrogens is 440 g/mol. The molecule has 0 aliphatic heterocycles. The average Bonchev–Trinajstić information content (AvgIpc) is 3.17. The maximum atomic E-state index is 13.7. The van der Waals surface area contributed by atoms with Crippen LogP contribution in [0.3, 0.4) is 0 Å². The summed E-state index contributed by atoms with van der Waals surface area (Å²) in [6, 6.07) is 10.2. The molecule has 0 radical (unpaired) electrons. The number of rotatable bonds is 6. The predicted molar refractivity (Wildman–Crippen MR) is 103 cm³/mol. The summed E-state index contributed by atoms with van der Waals surface area (Å²) in [5.41, 5.74) is -1.85. The quantitative estimate of drug-likeness (QED) is 0.418. The van der Waals surface area contributed by atoms with Gasteiger partial charge in [0.05, 0.1) is 29.6 Å². The van der Waals surface area contributed by atoms with Crippen molar-refractivity contribution in [1.29, 1.82) is 0 Å². The fourth-order valence-electron chi connectivity index (χ4n) is 2.86. The van der Waals surface area contributed by atoms with E-state index >= 15 is 0 Å². The number of alkyl halides is 6. The van der Waals surface area contributed by atoms with Crippen LogP contribution in [0.5, 0.6) is 5.75 Å². The molecule has 3 rings (SSSR count). The molecule has 0 saturated heterocycles. The zero-order valence-electron chi connectivity index (χ0n) is 16.6. The number of benzene rings is 2. The van der Waals surface area contributed by atoms with Crippen LogP contribution in [-0.4, -0.2) is 28.8 Å². The van der Waals surface area contributed by atoms with Gasteiger partial charge in [-0.2, -0.15) is 31.4 Å². The van der Waals surface area contributed by atoms with Crippen molar-refractivity contribution in [1.82, 2.24) is 15.1 Å². The lowest BCUT2D eigenvalue weighted by Crippen LogP contribution is -2.30. The van der Waals surface area contributed by atoms with Gasteiger partial charge in [-0.25, -0.2) is 4.68 Å². The van der Waals surface area contributed by atoms with Gasteiger partial charge in [-0.05, 0) is 37.3 Å². The Morgan fingerprint density at radius 2 is 1.72 bits per heavy atom. The first-order valence-electron chi connectivity index (χ1n) is 9.27. The average molecular weight is 457 g/mol. The molecule has 11 heteroatoms. The number of hydrogen-bond acceptors (Lipinski definition) is 3. The van der Waals surface area contributed by atoms with Gasteiger partial charge in [-0.3, -0.25) is 4.79 Å². The largest absolute Gasteiger partial charge is 0.492 e. The second-order valence-corrected chi connectivity index (χ2v) is 6.78. The van der Waals surface area contributed by atoms with Crippen molar-refractivity contribution in [2.24, 2.45) is 0 Å². The zero-order chi connectivity index (χ0) is 23.5. The molecule has 0 bridgehead atoms. The summed E-state index contributed by atoms with van der Waals surface area (Å²) in [4.78, 5) is 12.3. The van der Waals surface area contributed by atoms with E-state index in [1.165, 1.54) is 18.2 Å². The molecule has 2 aromatic carbocycles. The highest BCUT2D eigenvalue weighted by atomic mass is 19.4. The topological polar surface area (TPSA) is 56.2 Å². The summed E-state index contributed by atoms with van der Waals surface area (Å²) in [5.74, 6) is -1.12. The number of aryl methyl sites for hydroxylation is 1. The molecule has 1 heterocycles. The number of amides is 1. The standard InChI is InChI=1S/C21H17F6N3O2/c1-13-5-7-15(8-6-13)30-18(21(25,26)27)17(12-29-30)19(31)28-9-10-32-16-4-2-3-14(11-16)20(22,23)24/h2-8,11-12H,9-10H2,1H3,(H,28,31). The van der Waals surface area contributed by atoms with Crippen LogP contribution in [0, 0.1) is 6.92 Å². The maximum Gasteiger partial charge on any atom is 0.434 e. The number of hydrogen-bond donors (Lipinski definition) is 1. The van der Waals surface area contributed by atoms with Crippen molar-refractivity contribution < 1.29 is 35.9 Å². The Labute approximate surface area is 178 Å². The van der Waals surface area contributed by atoms with E-state index in [0.717, 1.165) is 30.0 Å². The van der Waals surface area contributed by atoms with Gasteiger partial charge in [0, 0.05) is 0 Å². The van der Waals surface area contributed by atoms with Crippen LogP contribution < -0.4 is 10.1 Å². The first kappa shape index (κ1) is 23.2. The van der Waals surface area contributed by atoms with Crippen LogP contribution in [0.2, 0.25) is 0 Å². The molecule has 0 spiro atoms. The van der Waals surface area contributed by atoms with Crippen LogP contribution in [0.15, 0.2) is 54.7 Å². The van der Waals surface area contributed by atoms with Gasteiger partial charge in [-0.15, -0.1) is 0 Å². The van der Waals surface area contributed by atoms with Gasteiger partial charge in [0.25, 0.3) is 5.91 Å². The van der Waals surface area contributed by atoms with E-state index < -0.39 is 35.1 Å². The van der Waals surface area contributed by atoms with Gasteiger partial charge >= 0.3 is 12.4 Å². The molecule has 0 unspecified atom stereocenters. The van der Waals surface area contributed by atoms with Crippen LogP contribution in [0.1, 0.15) is 27.2 Å². The minimum Gasteiger partial charge on any atom is -0.492 e. The van der Waals surface area contributed by atoms with E-state index in [0.29, 0.717) is 4.68 Å². The van der Waals surface area contributed by atoms with E-state index in [2.05, 4.69) is 10.4 Å². The number of nitrogens with zero attached hydrogens (tertiary/aromatic N) is 2. The molecule has 0 fully saturated rings. The number of ether oxygens (including phenoxy) is 1. The lowest BCUT2D eigenvalue weighted by atomic mass is 10.2. The number of carbonyl (C=O) groups excluding carboxylic acids is 1. The third kappa shape index (κ3) is 5.40. The number of aromatic nitrogens is 2. The number of nitrogens with one attached hydrogen (secondary N) is 1. The molecule has 1 aromatic heterocycles. The normalized spacial score (nSPS) is 12.0. The fourth-order valence-corrected chi connectivity index (χ4v) is 2.86. The molecule has 0 saturated carbocycles. The highest BCUT2D eigenvalue weighted by Gasteiger charge is 2.40. The molecule has 32 heavy (non-hydrogen) atoms. The lowest BCUT2D eigenvalue weighted by molar-refractivity contribution is -0.143. The Hall–Kier alpha value is -3.50. The Balaban J connectivity index is 1.69. The summed E-state index contributed by atoms with van der Waals surface area (Å²) in [6.07, 6.45) is -8.59. The van der Waals surface area contributed by atoms with E-state index in [1.54, 1.807) is 19.1 Å². The molecule has 1 amide bonds. The van der Waals surface area contributed by atoms with Crippen molar-refractivity contribution >= 4 is 5.91 Å². The fraction of sp³-hybridized carbons (Fsp3) is 0.238. The highest BCUT2D eigenvalue weighted by Crippen LogP contribution is 2.34. The van der Waals surface area contributed by atoms with Crippen LogP contribution in [-0.2, 0) is 12.4 Å². The molecule has 0 atom stereocenters. The van der Waals surface area contributed by atoms with Gasteiger partial charge < -0.3 is 10.1 Å². The maximum absolute atomic E-state index is 13.7. The van der Waals surface area contributed by atoms with Crippen molar-refractivity contribution in [3.05, 3.63) is 77.1 Å². The van der Waals surface area contributed by atoms with E-state index in [1.807, 2.05) is 0 Å². The first-order valence-corrected chi connectivity index (χ1v) is 9.27. The lowest BCUT2D eigenvalue weighted by Gasteiger charge is -2.13. The summed E-state index contributed by atoms with van der Waals surface area (Å²) < 4.78 is 84.9. The molecule has 1 N–H and O–H groups in total. The van der Waals surface area contributed by atoms with Gasteiger partial charge in [-0.1, -0.05) is 23.8 Å². The van der Waals surface area contributed by atoms with E-state index in [9.17, 15) is 31.1 Å². The van der Waals surface area contributed by atoms with E-state index in [-0.39, 0.29) is 24.6 Å². The number of halogens is 6. The van der Waals surface area contributed by atoms with Crippen molar-refractivity contribution in [3.8, 4) is 11.4 Å². The monoisotopic (exact) mass is 457 g/mol. The van der Waals surface area contributed by atoms with Gasteiger partial charge in [0.15, 0.2) is 5.69 Å². The molecular formula is C21H17F6N3O2. The van der Waals surface area contributed by atoms with Gasteiger partial charge in [0.1, 0.15) is 12.4 Å². The third-order valence-electron chi connectivity index (χ3n) is 4.38. The van der Waals surface area contributed by atoms with E-state index in [4.69, 9.17) is 4.74 Å². The summed E-state index contributed by atoms with van der Waals surface area (Å²) in [7, 11) is 0.